The van der Waals surface area contributed by atoms with E-state index in [9.17, 15) is 0 Å². The SMILES string of the molecule is CCCCCCCCC/C=C/C=C\C=C/C=C/N. The van der Waals surface area contributed by atoms with E-state index in [2.05, 4.69) is 25.2 Å². The first-order chi connectivity index (χ1) is 8.91. The standard InChI is InChI=1S/C17H29N/c1-2-3-4-5-6-7-8-9-10-11-12-13-14-15-16-17-18/h10-17H,2-9,18H2,1H3/b11-10+,13-12-,15-14-,17-16+. The second-order valence-electron chi connectivity index (χ2n) is 4.49. The van der Waals surface area contributed by atoms with Crippen LogP contribution in [0.1, 0.15) is 58.3 Å². The molecule has 0 unspecified atom stereocenters. The molecule has 0 aromatic carbocycles. The lowest BCUT2D eigenvalue weighted by molar-refractivity contribution is 0.592. The summed E-state index contributed by atoms with van der Waals surface area (Å²) in [4.78, 5) is 0. The molecular formula is C17H29N. The zero-order valence-corrected chi connectivity index (χ0v) is 11.9. The van der Waals surface area contributed by atoms with E-state index >= 15 is 0 Å². The van der Waals surface area contributed by atoms with Gasteiger partial charge in [-0.2, -0.15) is 0 Å². The van der Waals surface area contributed by atoms with Gasteiger partial charge in [0.05, 0.1) is 0 Å². The molecule has 0 saturated carbocycles. The van der Waals surface area contributed by atoms with E-state index < -0.39 is 0 Å². The highest BCUT2D eigenvalue weighted by Gasteiger charge is 1.88. The largest absolute Gasteiger partial charge is 0.405 e. The maximum absolute atomic E-state index is 5.21. The number of hydrogen-bond acceptors (Lipinski definition) is 1. The van der Waals surface area contributed by atoms with Crippen LogP contribution in [0.4, 0.5) is 0 Å². The number of hydrogen-bond donors (Lipinski definition) is 1. The summed E-state index contributed by atoms with van der Waals surface area (Å²) >= 11 is 0. The molecule has 1 nitrogen and oxygen atoms in total. The Hall–Kier alpha value is -1.24. The van der Waals surface area contributed by atoms with Gasteiger partial charge in [0.25, 0.3) is 0 Å². The van der Waals surface area contributed by atoms with Gasteiger partial charge in [-0.15, -0.1) is 0 Å². The van der Waals surface area contributed by atoms with Crippen molar-refractivity contribution < 1.29 is 0 Å². The maximum Gasteiger partial charge on any atom is -0.00624 e. The Bertz CT molecular complexity index is 259. The highest BCUT2D eigenvalue weighted by Crippen LogP contribution is 2.08. The Morgan fingerprint density at radius 2 is 1.22 bits per heavy atom. The van der Waals surface area contributed by atoms with E-state index in [1.807, 2.05) is 24.3 Å². The molecule has 0 bridgehead atoms. The Labute approximate surface area is 113 Å². The van der Waals surface area contributed by atoms with Gasteiger partial charge in [-0.25, -0.2) is 0 Å². The lowest BCUT2D eigenvalue weighted by Gasteiger charge is -1.98. The fourth-order valence-corrected chi connectivity index (χ4v) is 1.71. The van der Waals surface area contributed by atoms with Crippen molar-refractivity contribution in [1.82, 2.24) is 0 Å². The molecule has 1 heteroatoms. The van der Waals surface area contributed by atoms with Crippen molar-refractivity contribution in [2.75, 3.05) is 0 Å². The van der Waals surface area contributed by atoms with Crippen molar-refractivity contribution >= 4 is 0 Å². The quantitative estimate of drug-likeness (QED) is 0.391. The van der Waals surface area contributed by atoms with Crippen LogP contribution in [0.3, 0.4) is 0 Å². The first-order valence-electron chi connectivity index (χ1n) is 7.28. The van der Waals surface area contributed by atoms with Crippen LogP contribution in [-0.4, -0.2) is 0 Å². The molecule has 0 amide bonds. The third-order valence-corrected chi connectivity index (χ3v) is 2.78. The van der Waals surface area contributed by atoms with Crippen LogP contribution in [0.25, 0.3) is 0 Å². The molecule has 0 heterocycles. The summed E-state index contributed by atoms with van der Waals surface area (Å²) in [5.41, 5.74) is 5.21. The van der Waals surface area contributed by atoms with Gasteiger partial charge in [-0.1, -0.05) is 81.9 Å². The summed E-state index contributed by atoms with van der Waals surface area (Å²) in [6.45, 7) is 2.26. The van der Waals surface area contributed by atoms with Crippen LogP contribution in [-0.2, 0) is 0 Å². The molecular weight excluding hydrogens is 218 g/mol. The molecule has 0 aromatic heterocycles. The summed E-state index contributed by atoms with van der Waals surface area (Å²) in [5, 5.41) is 0. The highest BCUT2D eigenvalue weighted by atomic mass is 14.5. The molecule has 0 aliphatic heterocycles. The fraction of sp³-hybridized carbons (Fsp3) is 0.529. The van der Waals surface area contributed by atoms with Crippen LogP contribution < -0.4 is 5.73 Å². The van der Waals surface area contributed by atoms with E-state index in [0.717, 1.165) is 0 Å². The molecule has 0 atom stereocenters. The van der Waals surface area contributed by atoms with E-state index in [1.165, 1.54) is 57.6 Å². The van der Waals surface area contributed by atoms with Crippen LogP contribution >= 0.6 is 0 Å². The number of allylic oxidation sites excluding steroid dienone is 7. The summed E-state index contributed by atoms with van der Waals surface area (Å²) in [6.07, 6.45) is 26.5. The zero-order chi connectivity index (χ0) is 13.3. The van der Waals surface area contributed by atoms with Crippen molar-refractivity contribution in [3.8, 4) is 0 Å². The minimum absolute atomic E-state index is 1.20. The molecule has 2 N–H and O–H groups in total. The molecule has 0 radical (unpaired) electrons. The van der Waals surface area contributed by atoms with Crippen LogP contribution in [0.5, 0.6) is 0 Å². The van der Waals surface area contributed by atoms with Crippen molar-refractivity contribution in [1.29, 1.82) is 0 Å². The van der Waals surface area contributed by atoms with Crippen LogP contribution in [0, 0.1) is 0 Å². The van der Waals surface area contributed by atoms with Crippen molar-refractivity contribution in [3.05, 3.63) is 48.7 Å². The molecule has 0 fully saturated rings. The summed E-state index contributed by atoms with van der Waals surface area (Å²) in [6, 6.07) is 0. The fourth-order valence-electron chi connectivity index (χ4n) is 1.71. The van der Waals surface area contributed by atoms with Crippen molar-refractivity contribution in [2.24, 2.45) is 5.73 Å². The van der Waals surface area contributed by atoms with Crippen molar-refractivity contribution in [3.63, 3.8) is 0 Å². The third-order valence-electron chi connectivity index (χ3n) is 2.78. The van der Waals surface area contributed by atoms with Gasteiger partial charge in [-0.3, -0.25) is 0 Å². The number of rotatable bonds is 11. The molecule has 0 rings (SSSR count). The van der Waals surface area contributed by atoms with Gasteiger partial charge in [0.15, 0.2) is 0 Å². The molecule has 0 aliphatic rings. The summed E-state index contributed by atoms with van der Waals surface area (Å²) in [7, 11) is 0. The van der Waals surface area contributed by atoms with Crippen molar-refractivity contribution in [2.45, 2.75) is 58.3 Å². The van der Waals surface area contributed by atoms with Gasteiger partial charge in [-0.05, 0) is 25.1 Å². The molecule has 0 aliphatic carbocycles. The van der Waals surface area contributed by atoms with Gasteiger partial charge >= 0.3 is 0 Å². The van der Waals surface area contributed by atoms with Gasteiger partial charge in [0, 0.05) is 0 Å². The molecule has 0 spiro atoms. The highest BCUT2D eigenvalue weighted by molar-refractivity contribution is 5.14. The van der Waals surface area contributed by atoms with E-state index in [4.69, 9.17) is 5.73 Å². The Kier molecular flexibility index (Phi) is 14.7. The Morgan fingerprint density at radius 3 is 1.89 bits per heavy atom. The average molecular weight is 247 g/mol. The number of nitrogens with two attached hydrogens (primary N) is 1. The first kappa shape index (κ1) is 16.8. The lowest BCUT2D eigenvalue weighted by Crippen LogP contribution is -1.78. The summed E-state index contributed by atoms with van der Waals surface area (Å²) in [5.74, 6) is 0. The monoisotopic (exact) mass is 247 g/mol. The molecule has 0 aromatic rings. The second kappa shape index (κ2) is 15.8. The van der Waals surface area contributed by atoms with Gasteiger partial charge in [0.2, 0.25) is 0 Å². The van der Waals surface area contributed by atoms with E-state index in [-0.39, 0.29) is 0 Å². The Balaban J connectivity index is 3.27. The van der Waals surface area contributed by atoms with Gasteiger partial charge in [0.1, 0.15) is 0 Å². The Morgan fingerprint density at radius 1 is 0.667 bits per heavy atom. The summed E-state index contributed by atoms with van der Waals surface area (Å²) < 4.78 is 0. The van der Waals surface area contributed by atoms with Gasteiger partial charge < -0.3 is 5.73 Å². The second-order valence-corrected chi connectivity index (χ2v) is 4.49. The molecule has 0 saturated heterocycles. The van der Waals surface area contributed by atoms with Crippen LogP contribution in [0.2, 0.25) is 0 Å². The minimum Gasteiger partial charge on any atom is -0.405 e. The average Bonchev–Trinajstić information content (AvgIpc) is 2.39. The maximum atomic E-state index is 5.21. The number of unbranched alkanes of at least 4 members (excludes halogenated alkanes) is 7. The van der Waals surface area contributed by atoms with E-state index in [0.29, 0.717) is 0 Å². The normalized spacial score (nSPS) is 12.7. The van der Waals surface area contributed by atoms with E-state index in [1.54, 1.807) is 0 Å². The topological polar surface area (TPSA) is 26.0 Å². The third kappa shape index (κ3) is 14.8. The molecule has 18 heavy (non-hydrogen) atoms. The molecule has 102 valence electrons. The predicted molar refractivity (Wildman–Crippen MR) is 83.4 cm³/mol. The lowest BCUT2D eigenvalue weighted by atomic mass is 10.1. The minimum atomic E-state index is 1.20. The first-order valence-corrected chi connectivity index (χ1v) is 7.28. The van der Waals surface area contributed by atoms with Crippen LogP contribution in [0.15, 0.2) is 48.7 Å². The zero-order valence-electron chi connectivity index (χ0n) is 11.9. The smallest absolute Gasteiger partial charge is 0.00624 e. The predicted octanol–water partition coefficient (Wildman–Crippen LogP) is 5.27.